The summed E-state index contributed by atoms with van der Waals surface area (Å²) in [6.07, 6.45) is 0.236. The van der Waals surface area contributed by atoms with Gasteiger partial charge in [-0.3, -0.25) is 14.9 Å². The average molecular weight is 417 g/mol. The minimum atomic E-state index is -1.18. The second kappa shape index (κ2) is 6.76. The van der Waals surface area contributed by atoms with E-state index in [0.29, 0.717) is 22.8 Å². The fourth-order valence-electron chi connectivity index (χ4n) is 4.07. The molecule has 4 amide bonds. The van der Waals surface area contributed by atoms with Crippen molar-refractivity contribution < 1.29 is 18.9 Å². The van der Waals surface area contributed by atoms with Crippen LogP contribution in [0.25, 0.3) is 11.4 Å². The van der Waals surface area contributed by atoms with Gasteiger partial charge >= 0.3 is 6.03 Å². The van der Waals surface area contributed by atoms with Crippen molar-refractivity contribution in [2.45, 2.75) is 24.8 Å². The maximum atomic E-state index is 12.5. The molecule has 156 valence electrons. The van der Waals surface area contributed by atoms with Gasteiger partial charge in [-0.25, -0.2) is 4.79 Å². The normalized spacial score (nSPS) is 22.8. The van der Waals surface area contributed by atoms with Crippen molar-refractivity contribution in [3.63, 3.8) is 0 Å². The van der Waals surface area contributed by atoms with Crippen molar-refractivity contribution >= 4 is 23.5 Å². The number of nitrogens with zero attached hydrogens (tertiary/aromatic N) is 3. The number of amides is 4. The van der Waals surface area contributed by atoms with Crippen LogP contribution in [-0.4, -0.2) is 35.0 Å². The third-order valence-corrected chi connectivity index (χ3v) is 5.91. The molecule has 2 aliphatic rings. The molecule has 1 aromatic heterocycles. The Morgan fingerprint density at radius 3 is 2.71 bits per heavy atom. The monoisotopic (exact) mass is 417 g/mol. The fraction of sp³-hybridized carbons (Fsp3) is 0.227. The predicted octanol–water partition coefficient (Wildman–Crippen LogP) is 2.29. The Labute approximate surface area is 177 Å². The topological polar surface area (TPSA) is 117 Å². The number of nitrogens with one attached hydrogen (secondary N) is 2. The van der Waals surface area contributed by atoms with E-state index in [4.69, 9.17) is 4.52 Å². The van der Waals surface area contributed by atoms with Gasteiger partial charge in [0.2, 0.25) is 17.6 Å². The summed E-state index contributed by atoms with van der Waals surface area (Å²) >= 11 is 0. The van der Waals surface area contributed by atoms with E-state index >= 15 is 0 Å². The van der Waals surface area contributed by atoms with Gasteiger partial charge in [0.15, 0.2) is 0 Å². The van der Waals surface area contributed by atoms with Crippen LogP contribution >= 0.6 is 0 Å². The van der Waals surface area contributed by atoms with Gasteiger partial charge < -0.3 is 14.7 Å². The molecule has 1 saturated heterocycles. The molecule has 9 heteroatoms. The highest BCUT2D eigenvalue weighted by Crippen LogP contribution is 2.39. The largest absolute Gasteiger partial charge is 0.338 e. The van der Waals surface area contributed by atoms with Crippen molar-refractivity contribution in [1.29, 1.82) is 0 Å². The van der Waals surface area contributed by atoms with Crippen LogP contribution in [0.1, 0.15) is 36.3 Å². The third kappa shape index (κ3) is 2.97. The van der Waals surface area contributed by atoms with Crippen LogP contribution in [0.5, 0.6) is 0 Å². The molecular weight excluding hydrogens is 398 g/mol. The van der Waals surface area contributed by atoms with Gasteiger partial charge in [-0.15, -0.1) is 0 Å². The maximum absolute atomic E-state index is 12.5. The number of rotatable bonds is 3. The molecule has 2 N–H and O–H groups in total. The minimum Gasteiger partial charge on any atom is -0.338 e. The molecule has 2 aromatic carbocycles. The number of hydrogen-bond acceptors (Lipinski definition) is 6. The van der Waals surface area contributed by atoms with Gasteiger partial charge in [-0.2, -0.15) is 4.98 Å². The summed E-state index contributed by atoms with van der Waals surface area (Å²) in [7, 11) is 1.75. The SMILES string of the molecule is CN1C(=O)CC(c2nc(-c3cccc(C4(C)NC(=O)NC4=O)c3)no2)c2ccccc21. The first-order valence-electron chi connectivity index (χ1n) is 9.80. The molecule has 2 unspecified atom stereocenters. The summed E-state index contributed by atoms with van der Waals surface area (Å²) < 4.78 is 5.55. The highest BCUT2D eigenvalue weighted by Gasteiger charge is 2.43. The summed E-state index contributed by atoms with van der Waals surface area (Å²) in [5.74, 6) is -0.0885. The second-order valence-electron chi connectivity index (χ2n) is 7.84. The Hall–Kier alpha value is -4.01. The van der Waals surface area contributed by atoms with Crippen LogP contribution in [0.3, 0.4) is 0 Å². The lowest BCUT2D eigenvalue weighted by Crippen LogP contribution is -2.40. The maximum Gasteiger partial charge on any atom is 0.322 e. The molecule has 1 fully saturated rings. The molecule has 0 radical (unpaired) electrons. The molecule has 3 heterocycles. The number of fused-ring (bicyclic) bond motifs is 1. The Balaban J connectivity index is 1.50. The first-order valence-corrected chi connectivity index (χ1v) is 9.80. The molecule has 2 atom stereocenters. The molecule has 9 nitrogen and oxygen atoms in total. The van der Waals surface area contributed by atoms with E-state index in [-0.39, 0.29) is 18.2 Å². The van der Waals surface area contributed by atoms with Crippen LogP contribution in [-0.2, 0) is 15.1 Å². The molecule has 5 rings (SSSR count). The van der Waals surface area contributed by atoms with Crippen LogP contribution in [0, 0.1) is 0 Å². The lowest BCUT2D eigenvalue weighted by Gasteiger charge is -2.29. The van der Waals surface area contributed by atoms with Gasteiger partial charge in [0.05, 0.1) is 5.92 Å². The average Bonchev–Trinajstić information content (AvgIpc) is 3.36. The number of carbonyl (C=O) groups is 3. The van der Waals surface area contributed by atoms with Crippen molar-refractivity contribution in [1.82, 2.24) is 20.8 Å². The first-order chi connectivity index (χ1) is 14.9. The molecular formula is C22H19N5O4. The van der Waals surface area contributed by atoms with Crippen molar-refractivity contribution in [3.8, 4) is 11.4 Å². The smallest absolute Gasteiger partial charge is 0.322 e. The van der Waals surface area contributed by atoms with E-state index in [0.717, 1.165) is 11.3 Å². The molecule has 0 aliphatic carbocycles. The third-order valence-electron chi connectivity index (χ3n) is 5.91. The number of para-hydroxylation sites is 1. The van der Waals surface area contributed by atoms with Crippen LogP contribution in [0.15, 0.2) is 53.1 Å². The number of anilines is 1. The standard InChI is InChI=1S/C22H19N5O4/c1-22(20(29)24-21(30)25-22)13-7-5-6-12(10-13)18-23-19(31-26-18)15-11-17(28)27(2)16-9-4-3-8-14(15)16/h3-10,15H,11H2,1-2H3,(H2,24,25,29,30). The van der Waals surface area contributed by atoms with E-state index in [1.54, 1.807) is 43.1 Å². The number of benzene rings is 2. The highest BCUT2D eigenvalue weighted by atomic mass is 16.5. The van der Waals surface area contributed by atoms with E-state index in [1.165, 1.54) is 0 Å². The number of carbonyl (C=O) groups excluding carboxylic acids is 3. The van der Waals surface area contributed by atoms with E-state index in [1.807, 2.05) is 24.3 Å². The molecule has 31 heavy (non-hydrogen) atoms. The summed E-state index contributed by atoms with van der Waals surface area (Å²) in [5, 5.41) is 9.00. The molecule has 0 bridgehead atoms. The molecule has 0 saturated carbocycles. The highest BCUT2D eigenvalue weighted by molar-refractivity contribution is 6.07. The summed E-state index contributed by atoms with van der Waals surface area (Å²) in [6, 6.07) is 14.2. The Bertz CT molecular complexity index is 1240. The van der Waals surface area contributed by atoms with Crippen molar-refractivity contribution in [3.05, 3.63) is 65.5 Å². The number of imide groups is 1. The van der Waals surface area contributed by atoms with E-state index in [9.17, 15) is 14.4 Å². The van der Waals surface area contributed by atoms with Gasteiger partial charge in [-0.05, 0) is 30.2 Å². The molecule has 3 aromatic rings. The first kappa shape index (κ1) is 19.0. The zero-order valence-electron chi connectivity index (χ0n) is 16.9. The molecule has 0 spiro atoms. The summed E-state index contributed by atoms with van der Waals surface area (Å²) in [5.41, 5.74) is 1.82. The number of urea groups is 1. The quantitative estimate of drug-likeness (QED) is 0.632. The molecule has 2 aliphatic heterocycles. The van der Waals surface area contributed by atoms with Crippen LogP contribution < -0.4 is 15.5 Å². The number of aromatic nitrogens is 2. The zero-order valence-corrected chi connectivity index (χ0v) is 16.9. The van der Waals surface area contributed by atoms with E-state index < -0.39 is 17.5 Å². The Morgan fingerprint density at radius 1 is 1.13 bits per heavy atom. The summed E-state index contributed by atoms with van der Waals surface area (Å²) in [6.45, 7) is 1.63. The Kier molecular flexibility index (Phi) is 4.14. The van der Waals surface area contributed by atoms with Gasteiger partial charge in [0, 0.05) is 24.7 Å². The lowest BCUT2D eigenvalue weighted by atomic mass is 9.89. The number of hydrogen-bond donors (Lipinski definition) is 2. The van der Waals surface area contributed by atoms with Gasteiger partial charge in [0.1, 0.15) is 5.54 Å². The van der Waals surface area contributed by atoms with Gasteiger partial charge in [-0.1, -0.05) is 41.6 Å². The Morgan fingerprint density at radius 2 is 1.94 bits per heavy atom. The van der Waals surface area contributed by atoms with Crippen molar-refractivity contribution in [2.75, 3.05) is 11.9 Å². The van der Waals surface area contributed by atoms with Crippen LogP contribution in [0.4, 0.5) is 10.5 Å². The lowest BCUT2D eigenvalue weighted by molar-refractivity contribution is -0.123. The minimum absolute atomic E-state index is 0.0265. The van der Waals surface area contributed by atoms with E-state index in [2.05, 4.69) is 20.8 Å². The zero-order chi connectivity index (χ0) is 21.8. The summed E-state index contributed by atoms with van der Waals surface area (Å²) in [4.78, 5) is 42.5. The fourth-order valence-corrected chi connectivity index (χ4v) is 4.07. The second-order valence-corrected chi connectivity index (χ2v) is 7.84. The van der Waals surface area contributed by atoms with Gasteiger partial charge in [0.25, 0.3) is 5.91 Å². The van der Waals surface area contributed by atoms with Crippen molar-refractivity contribution in [2.24, 2.45) is 0 Å². The van der Waals surface area contributed by atoms with Crippen LogP contribution in [0.2, 0.25) is 0 Å². The predicted molar refractivity (Wildman–Crippen MR) is 110 cm³/mol.